The van der Waals surface area contributed by atoms with Gasteiger partial charge in [-0.2, -0.15) is 0 Å². The van der Waals surface area contributed by atoms with Crippen LogP contribution in [0.1, 0.15) is 11.1 Å². The first-order valence-corrected chi connectivity index (χ1v) is 6.86. The van der Waals surface area contributed by atoms with Gasteiger partial charge in [0.15, 0.2) is 0 Å². The van der Waals surface area contributed by atoms with Gasteiger partial charge in [0.25, 0.3) is 0 Å². The highest BCUT2D eigenvalue weighted by Crippen LogP contribution is 2.28. The molecule has 0 bridgehead atoms. The van der Waals surface area contributed by atoms with Crippen molar-refractivity contribution in [1.29, 1.82) is 0 Å². The predicted octanol–water partition coefficient (Wildman–Crippen LogP) is 4.40. The van der Waals surface area contributed by atoms with Crippen LogP contribution in [0.4, 0.5) is 5.82 Å². The van der Waals surface area contributed by atoms with Gasteiger partial charge in [0.1, 0.15) is 17.3 Å². The Morgan fingerprint density at radius 3 is 2.68 bits per heavy atom. The Morgan fingerprint density at radius 1 is 1.16 bits per heavy atom. The van der Waals surface area contributed by atoms with Crippen LogP contribution in [-0.4, -0.2) is 16.5 Å². The SMILES string of the molecule is Cc1c(CCNc2cc(Cl)ncn2)ccc(Cl)c1Cl. The van der Waals surface area contributed by atoms with Crippen molar-refractivity contribution in [1.82, 2.24) is 9.97 Å². The van der Waals surface area contributed by atoms with Crippen molar-refractivity contribution in [2.45, 2.75) is 13.3 Å². The van der Waals surface area contributed by atoms with Crippen molar-refractivity contribution < 1.29 is 0 Å². The molecule has 0 amide bonds. The third-order valence-electron chi connectivity index (χ3n) is 2.79. The van der Waals surface area contributed by atoms with Crippen LogP contribution in [0, 0.1) is 6.92 Å². The van der Waals surface area contributed by atoms with E-state index in [1.54, 1.807) is 6.07 Å². The zero-order chi connectivity index (χ0) is 13.8. The van der Waals surface area contributed by atoms with E-state index in [0.717, 1.165) is 24.1 Å². The van der Waals surface area contributed by atoms with Gasteiger partial charge in [-0.3, -0.25) is 0 Å². The highest BCUT2D eigenvalue weighted by molar-refractivity contribution is 6.42. The zero-order valence-electron chi connectivity index (χ0n) is 10.3. The minimum Gasteiger partial charge on any atom is -0.370 e. The Morgan fingerprint density at radius 2 is 1.95 bits per heavy atom. The molecule has 0 saturated carbocycles. The molecule has 1 N–H and O–H groups in total. The summed E-state index contributed by atoms with van der Waals surface area (Å²) in [5.74, 6) is 0.706. The molecule has 0 aliphatic carbocycles. The van der Waals surface area contributed by atoms with Gasteiger partial charge in [-0.15, -0.1) is 0 Å². The first kappa shape index (κ1) is 14.4. The maximum atomic E-state index is 6.11. The fourth-order valence-electron chi connectivity index (χ4n) is 1.72. The van der Waals surface area contributed by atoms with Gasteiger partial charge in [0, 0.05) is 12.6 Å². The van der Waals surface area contributed by atoms with Crippen molar-refractivity contribution in [3.05, 3.63) is 50.9 Å². The Bertz CT molecular complexity index is 587. The summed E-state index contributed by atoms with van der Waals surface area (Å²) in [6.07, 6.45) is 2.25. The standard InChI is InChI=1S/C13H12Cl3N3/c1-8-9(2-3-10(14)13(8)16)4-5-17-12-6-11(15)18-7-19-12/h2-3,6-7H,4-5H2,1H3,(H,17,18,19). The molecule has 19 heavy (non-hydrogen) atoms. The molecule has 3 nitrogen and oxygen atoms in total. The van der Waals surface area contributed by atoms with Crippen molar-refractivity contribution in [3.63, 3.8) is 0 Å². The Kier molecular flexibility index (Phi) is 4.86. The second-order valence-corrected chi connectivity index (χ2v) is 5.22. The van der Waals surface area contributed by atoms with E-state index in [0.29, 0.717) is 21.0 Å². The smallest absolute Gasteiger partial charge is 0.134 e. The zero-order valence-corrected chi connectivity index (χ0v) is 12.5. The van der Waals surface area contributed by atoms with E-state index in [1.165, 1.54) is 6.33 Å². The number of halogens is 3. The van der Waals surface area contributed by atoms with E-state index in [-0.39, 0.29) is 0 Å². The molecular weight excluding hydrogens is 305 g/mol. The second kappa shape index (κ2) is 6.42. The Balaban J connectivity index is 1.98. The molecule has 0 saturated heterocycles. The number of anilines is 1. The number of hydrogen-bond donors (Lipinski definition) is 1. The predicted molar refractivity (Wildman–Crippen MR) is 80.4 cm³/mol. The normalized spacial score (nSPS) is 10.5. The van der Waals surface area contributed by atoms with Crippen LogP contribution in [0.25, 0.3) is 0 Å². The molecular formula is C13H12Cl3N3. The topological polar surface area (TPSA) is 37.8 Å². The van der Waals surface area contributed by atoms with Gasteiger partial charge in [0.2, 0.25) is 0 Å². The summed E-state index contributed by atoms with van der Waals surface area (Å²) in [4.78, 5) is 7.89. The molecule has 0 spiro atoms. The summed E-state index contributed by atoms with van der Waals surface area (Å²) < 4.78 is 0. The summed E-state index contributed by atoms with van der Waals surface area (Å²) in [5.41, 5.74) is 2.17. The quantitative estimate of drug-likeness (QED) is 0.850. The monoisotopic (exact) mass is 315 g/mol. The van der Waals surface area contributed by atoms with Gasteiger partial charge in [-0.25, -0.2) is 9.97 Å². The molecule has 1 aromatic carbocycles. The lowest BCUT2D eigenvalue weighted by atomic mass is 10.1. The van der Waals surface area contributed by atoms with Crippen LogP contribution in [-0.2, 0) is 6.42 Å². The minimum absolute atomic E-state index is 0.420. The van der Waals surface area contributed by atoms with Crippen LogP contribution >= 0.6 is 34.8 Å². The lowest BCUT2D eigenvalue weighted by Crippen LogP contribution is -2.07. The molecule has 0 unspecified atom stereocenters. The molecule has 0 radical (unpaired) electrons. The van der Waals surface area contributed by atoms with Crippen LogP contribution in [0.2, 0.25) is 15.2 Å². The van der Waals surface area contributed by atoms with Crippen LogP contribution in [0.3, 0.4) is 0 Å². The molecule has 2 rings (SSSR count). The maximum absolute atomic E-state index is 6.11. The van der Waals surface area contributed by atoms with Crippen molar-refractivity contribution in [2.24, 2.45) is 0 Å². The molecule has 0 atom stereocenters. The molecule has 100 valence electrons. The maximum Gasteiger partial charge on any atom is 0.134 e. The van der Waals surface area contributed by atoms with E-state index < -0.39 is 0 Å². The number of nitrogens with one attached hydrogen (secondary N) is 1. The van der Waals surface area contributed by atoms with Crippen molar-refractivity contribution >= 4 is 40.6 Å². The van der Waals surface area contributed by atoms with Gasteiger partial charge in [-0.1, -0.05) is 40.9 Å². The van der Waals surface area contributed by atoms with Crippen LogP contribution in [0.15, 0.2) is 24.5 Å². The van der Waals surface area contributed by atoms with E-state index in [2.05, 4.69) is 15.3 Å². The summed E-state index contributed by atoms with van der Waals surface area (Å²) in [6, 6.07) is 5.48. The molecule has 1 heterocycles. The lowest BCUT2D eigenvalue weighted by Gasteiger charge is -2.10. The Hall–Kier alpha value is -1.03. The molecule has 2 aromatic rings. The number of rotatable bonds is 4. The molecule has 0 aliphatic heterocycles. The van der Waals surface area contributed by atoms with Gasteiger partial charge in [-0.05, 0) is 30.5 Å². The molecule has 0 fully saturated rings. The molecule has 1 aromatic heterocycles. The van der Waals surface area contributed by atoms with Crippen LogP contribution < -0.4 is 5.32 Å². The summed E-state index contributed by atoms with van der Waals surface area (Å²) >= 11 is 17.8. The summed E-state index contributed by atoms with van der Waals surface area (Å²) in [6.45, 7) is 2.69. The first-order chi connectivity index (χ1) is 9.08. The minimum atomic E-state index is 0.420. The highest BCUT2D eigenvalue weighted by Gasteiger charge is 2.06. The van der Waals surface area contributed by atoms with Gasteiger partial charge < -0.3 is 5.32 Å². The highest BCUT2D eigenvalue weighted by atomic mass is 35.5. The van der Waals surface area contributed by atoms with E-state index in [9.17, 15) is 0 Å². The third kappa shape index (κ3) is 3.72. The van der Waals surface area contributed by atoms with E-state index in [4.69, 9.17) is 34.8 Å². The molecule has 6 heteroatoms. The largest absolute Gasteiger partial charge is 0.370 e. The number of nitrogens with zero attached hydrogens (tertiary/aromatic N) is 2. The van der Waals surface area contributed by atoms with Crippen molar-refractivity contribution in [2.75, 3.05) is 11.9 Å². The second-order valence-electron chi connectivity index (χ2n) is 4.05. The fraction of sp³-hybridized carbons (Fsp3) is 0.231. The average molecular weight is 317 g/mol. The number of aromatic nitrogens is 2. The van der Waals surface area contributed by atoms with Crippen molar-refractivity contribution in [3.8, 4) is 0 Å². The fourth-order valence-corrected chi connectivity index (χ4v) is 2.25. The average Bonchev–Trinajstić information content (AvgIpc) is 2.39. The van der Waals surface area contributed by atoms with Gasteiger partial charge in [0.05, 0.1) is 10.0 Å². The van der Waals surface area contributed by atoms with Crippen LogP contribution in [0.5, 0.6) is 0 Å². The molecule has 0 aliphatic rings. The van der Waals surface area contributed by atoms with E-state index >= 15 is 0 Å². The summed E-state index contributed by atoms with van der Waals surface area (Å²) in [5, 5.41) is 4.80. The van der Waals surface area contributed by atoms with E-state index in [1.807, 2.05) is 19.1 Å². The third-order valence-corrected chi connectivity index (χ3v) is 3.89. The first-order valence-electron chi connectivity index (χ1n) is 5.73. The Labute approximate surface area is 126 Å². The van der Waals surface area contributed by atoms with Gasteiger partial charge >= 0.3 is 0 Å². The number of hydrogen-bond acceptors (Lipinski definition) is 3. The summed E-state index contributed by atoms with van der Waals surface area (Å²) in [7, 11) is 0. The number of benzene rings is 1. The lowest BCUT2D eigenvalue weighted by molar-refractivity contribution is 0.988.